The van der Waals surface area contributed by atoms with Gasteiger partial charge in [-0.2, -0.15) is 0 Å². The molecule has 0 unspecified atom stereocenters. The number of non-ortho nitro benzene ring substituents is 1. The van der Waals surface area contributed by atoms with Crippen molar-refractivity contribution < 1.29 is 14.8 Å². The molecular formula is C12H18N2O4. The van der Waals surface area contributed by atoms with Crippen LogP contribution in [0.2, 0.25) is 0 Å². The third kappa shape index (κ3) is 5.60. The van der Waals surface area contributed by atoms with E-state index in [1.165, 1.54) is 12.1 Å². The smallest absolute Gasteiger partial charge is 0.269 e. The minimum absolute atomic E-state index is 0.0653. The van der Waals surface area contributed by atoms with E-state index in [9.17, 15) is 10.1 Å². The van der Waals surface area contributed by atoms with E-state index < -0.39 is 4.92 Å². The Hall–Kier alpha value is -1.66. The number of aliphatic hydroxyl groups is 1. The highest BCUT2D eigenvalue weighted by molar-refractivity contribution is 5.35. The number of rotatable bonds is 9. The molecular weight excluding hydrogens is 236 g/mol. The molecule has 2 N–H and O–H groups in total. The summed E-state index contributed by atoms with van der Waals surface area (Å²) in [6.45, 7) is 2.20. The summed E-state index contributed by atoms with van der Waals surface area (Å²) in [5.41, 5.74) is 0.0653. The lowest BCUT2D eigenvalue weighted by atomic mass is 10.3. The zero-order valence-electron chi connectivity index (χ0n) is 10.2. The molecule has 0 aromatic heterocycles. The number of ether oxygens (including phenoxy) is 1. The summed E-state index contributed by atoms with van der Waals surface area (Å²) in [4.78, 5) is 10.0. The maximum absolute atomic E-state index is 10.4. The number of hydrogen-bond acceptors (Lipinski definition) is 5. The highest BCUT2D eigenvalue weighted by Crippen LogP contribution is 2.17. The van der Waals surface area contributed by atoms with E-state index in [1.54, 1.807) is 12.1 Å². The van der Waals surface area contributed by atoms with Gasteiger partial charge in [0.05, 0.1) is 18.1 Å². The normalized spacial score (nSPS) is 10.3. The molecule has 1 aromatic rings. The van der Waals surface area contributed by atoms with Crippen LogP contribution in [0.25, 0.3) is 0 Å². The predicted octanol–water partition coefficient (Wildman–Crippen LogP) is 1.34. The first-order valence-corrected chi connectivity index (χ1v) is 5.93. The van der Waals surface area contributed by atoms with E-state index in [-0.39, 0.29) is 12.3 Å². The fourth-order valence-electron chi connectivity index (χ4n) is 1.41. The third-order valence-electron chi connectivity index (χ3n) is 2.35. The number of nitrogens with one attached hydrogen (secondary N) is 1. The fourth-order valence-corrected chi connectivity index (χ4v) is 1.41. The Kier molecular flexibility index (Phi) is 6.75. The van der Waals surface area contributed by atoms with E-state index in [0.29, 0.717) is 18.9 Å². The maximum Gasteiger partial charge on any atom is 0.269 e. The van der Waals surface area contributed by atoms with Crippen molar-refractivity contribution in [3.05, 3.63) is 34.4 Å². The van der Waals surface area contributed by atoms with Crippen LogP contribution in [0.5, 0.6) is 5.75 Å². The van der Waals surface area contributed by atoms with Gasteiger partial charge in [-0.25, -0.2) is 0 Å². The Morgan fingerprint density at radius 1 is 1.22 bits per heavy atom. The summed E-state index contributed by atoms with van der Waals surface area (Å²) < 4.78 is 5.45. The molecule has 0 aliphatic rings. The summed E-state index contributed by atoms with van der Waals surface area (Å²) >= 11 is 0. The monoisotopic (exact) mass is 254 g/mol. The molecule has 0 bridgehead atoms. The molecule has 0 amide bonds. The summed E-state index contributed by atoms with van der Waals surface area (Å²) in [7, 11) is 0. The number of aliphatic hydroxyl groups excluding tert-OH is 1. The lowest BCUT2D eigenvalue weighted by Crippen LogP contribution is -2.19. The van der Waals surface area contributed by atoms with E-state index >= 15 is 0 Å². The lowest BCUT2D eigenvalue weighted by molar-refractivity contribution is -0.384. The Balaban J connectivity index is 2.14. The minimum Gasteiger partial charge on any atom is -0.494 e. The first-order valence-electron chi connectivity index (χ1n) is 5.93. The van der Waals surface area contributed by atoms with Crippen LogP contribution in [0, 0.1) is 10.1 Å². The van der Waals surface area contributed by atoms with Crippen molar-refractivity contribution in [2.24, 2.45) is 0 Å². The number of unbranched alkanes of at least 4 members (excludes halogenated alkanes) is 1. The first-order chi connectivity index (χ1) is 8.74. The topological polar surface area (TPSA) is 84.6 Å². The van der Waals surface area contributed by atoms with E-state index in [1.807, 2.05) is 0 Å². The molecule has 0 radical (unpaired) electrons. The van der Waals surface area contributed by atoms with Gasteiger partial charge in [-0.3, -0.25) is 10.1 Å². The van der Waals surface area contributed by atoms with Crippen LogP contribution in [-0.2, 0) is 0 Å². The largest absolute Gasteiger partial charge is 0.494 e. The second-order valence-corrected chi connectivity index (χ2v) is 3.78. The summed E-state index contributed by atoms with van der Waals surface area (Å²) in [6.07, 6.45) is 1.86. The first kappa shape index (κ1) is 14.4. The summed E-state index contributed by atoms with van der Waals surface area (Å²) in [5, 5.41) is 22.1. The number of nitrogens with zero attached hydrogens (tertiary/aromatic N) is 1. The van der Waals surface area contributed by atoms with Crippen LogP contribution in [0.3, 0.4) is 0 Å². The predicted molar refractivity (Wildman–Crippen MR) is 67.8 cm³/mol. The quantitative estimate of drug-likeness (QED) is 0.394. The maximum atomic E-state index is 10.4. The molecule has 0 atom stereocenters. The van der Waals surface area contributed by atoms with Gasteiger partial charge < -0.3 is 15.2 Å². The van der Waals surface area contributed by atoms with Gasteiger partial charge in [-0.05, 0) is 31.5 Å². The molecule has 0 fully saturated rings. The van der Waals surface area contributed by atoms with Crippen LogP contribution in [0.15, 0.2) is 24.3 Å². The van der Waals surface area contributed by atoms with Gasteiger partial charge in [0.2, 0.25) is 0 Å². The van der Waals surface area contributed by atoms with E-state index in [2.05, 4.69) is 5.32 Å². The standard InChI is InChI=1S/C12H18N2O4/c15-9-8-13-7-1-2-10-18-12-5-3-11(4-6-12)14(16)17/h3-6,13,15H,1-2,7-10H2. The Labute approximate surface area is 106 Å². The average molecular weight is 254 g/mol. The molecule has 6 nitrogen and oxygen atoms in total. The lowest BCUT2D eigenvalue weighted by Gasteiger charge is -2.06. The average Bonchev–Trinajstić information content (AvgIpc) is 2.38. The van der Waals surface area contributed by atoms with Gasteiger partial charge in [-0.1, -0.05) is 0 Å². The molecule has 0 saturated heterocycles. The zero-order valence-corrected chi connectivity index (χ0v) is 10.2. The van der Waals surface area contributed by atoms with Crippen LogP contribution < -0.4 is 10.1 Å². The SMILES string of the molecule is O=[N+]([O-])c1ccc(OCCCCNCCO)cc1. The highest BCUT2D eigenvalue weighted by Gasteiger charge is 2.03. The summed E-state index contributed by atoms with van der Waals surface area (Å²) in [5.74, 6) is 0.643. The summed E-state index contributed by atoms with van der Waals surface area (Å²) in [6, 6.07) is 6.06. The molecule has 1 rings (SSSR count). The van der Waals surface area contributed by atoms with Gasteiger partial charge in [-0.15, -0.1) is 0 Å². The molecule has 0 spiro atoms. The van der Waals surface area contributed by atoms with Crippen molar-refractivity contribution in [2.45, 2.75) is 12.8 Å². The Morgan fingerprint density at radius 2 is 1.94 bits per heavy atom. The second-order valence-electron chi connectivity index (χ2n) is 3.78. The van der Waals surface area contributed by atoms with Crippen molar-refractivity contribution in [3.8, 4) is 5.75 Å². The molecule has 1 aromatic carbocycles. The van der Waals surface area contributed by atoms with Crippen LogP contribution in [0.1, 0.15) is 12.8 Å². The van der Waals surface area contributed by atoms with Gasteiger partial charge >= 0.3 is 0 Å². The molecule has 0 aliphatic carbocycles. The van der Waals surface area contributed by atoms with Crippen molar-refractivity contribution in [3.63, 3.8) is 0 Å². The number of hydrogen-bond donors (Lipinski definition) is 2. The molecule has 0 heterocycles. The molecule has 0 saturated carbocycles. The minimum atomic E-state index is -0.434. The van der Waals surface area contributed by atoms with Crippen molar-refractivity contribution in [1.29, 1.82) is 0 Å². The van der Waals surface area contributed by atoms with Crippen molar-refractivity contribution in [1.82, 2.24) is 5.32 Å². The second kappa shape index (κ2) is 8.43. The number of nitro benzene ring substituents is 1. The van der Waals surface area contributed by atoms with Gasteiger partial charge in [0.15, 0.2) is 0 Å². The molecule has 18 heavy (non-hydrogen) atoms. The van der Waals surface area contributed by atoms with E-state index in [4.69, 9.17) is 9.84 Å². The van der Waals surface area contributed by atoms with Crippen molar-refractivity contribution >= 4 is 5.69 Å². The number of nitro groups is 1. The van der Waals surface area contributed by atoms with Crippen LogP contribution >= 0.6 is 0 Å². The van der Waals surface area contributed by atoms with Crippen molar-refractivity contribution in [2.75, 3.05) is 26.3 Å². The van der Waals surface area contributed by atoms with Gasteiger partial charge in [0, 0.05) is 18.7 Å². The molecule has 0 aliphatic heterocycles. The van der Waals surface area contributed by atoms with Gasteiger partial charge in [0.1, 0.15) is 5.75 Å². The molecule has 100 valence electrons. The molecule has 6 heteroatoms. The Bertz CT molecular complexity index is 354. The van der Waals surface area contributed by atoms with Crippen LogP contribution in [-0.4, -0.2) is 36.3 Å². The third-order valence-corrected chi connectivity index (χ3v) is 2.35. The van der Waals surface area contributed by atoms with Gasteiger partial charge in [0.25, 0.3) is 5.69 Å². The number of benzene rings is 1. The Morgan fingerprint density at radius 3 is 2.56 bits per heavy atom. The zero-order chi connectivity index (χ0) is 13.2. The van der Waals surface area contributed by atoms with E-state index in [0.717, 1.165) is 19.4 Å². The fraction of sp³-hybridized carbons (Fsp3) is 0.500. The van der Waals surface area contributed by atoms with Crippen LogP contribution in [0.4, 0.5) is 5.69 Å². The highest BCUT2D eigenvalue weighted by atomic mass is 16.6.